The lowest BCUT2D eigenvalue weighted by Gasteiger charge is -2.05. The van der Waals surface area contributed by atoms with E-state index in [4.69, 9.17) is 0 Å². The first-order valence-corrected chi connectivity index (χ1v) is 6.76. The lowest BCUT2D eigenvalue weighted by atomic mass is 10.2. The van der Waals surface area contributed by atoms with Crippen LogP contribution < -0.4 is 0 Å². The molecule has 0 saturated carbocycles. The maximum absolute atomic E-state index is 13.4. The summed E-state index contributed by atoms with van der Waals surface area (Å²) in [5.74, 6) is -0.809. The standard InChI is InChI=1S/C13H11FO2S/c14-13-9-5-4-6-11(13)10-17(15,16)12-7-2-1-3-8-12/h1-9H,10H2. The molecule has 0 aliphatic heterocycles. The third-order valence-corrected chi connectivity index (χ3v) is 4.09. The van der Waals surface area contributed by atoms with Crippen LogP contribution in [0.1, 0.15) is 5.56 Å². The first-order valence-electron chi connectivity index (χ1n) is 5.11. The molecule has 0 aliphatic rings. The highest BCUT2D eigenvalue weighted by Crippen LogP contribution is 2.17. The Morgan fingerprint density at radius 2 is 1.47 bits per heavy atom. The Morgan fingerprint density at radius 1 is 0.882 bits per heavy atom. The minimum Gasteiger partial charge on any atom is -0.223 e. The molecule has 0 unspecified atom stereocenters. The van der Waals surface area contributed by atoms with Crippen molar-refractivity contribution in [2.24, 2.45) is 0 Å². The van der Waals surface area contributed by atoms with E-state index in [1.807, 2.05) is 0 Å². The summed E-state index contributed by atoms with van der Waals surface area (Å²) in [7, 11) is -3.48. The van der Waals surface area contributed by atoms with Gasteiger partial charge >= 0.3 is 0 Å². The van der Waals surface area contributed by atoms with Crippen LogP contribution in [0.25, 0.3) is 0 Å². The summed E-state index contributed by atoms with van der Waals surface area (Å²) in [6.45, 7) is 0. The molecule has 2 aromatic carbocycles. The predicted octanol–water partition coefficient (Wildman–Crippen LogP) is 2.80. The minimum absolute atomic E-state index is 0.191. The summed E-state index contributed by atoms with van der Waals surface area (Å²) in [6, 6.07) is 14.0. The molecule has 4 heteroatoms. The summed E-state index contributed by atoms with van der Waals surface area (Å²) in [5, 5.41) is 0. The molecule has 0 heterocycles. The molecule has 0 aromatic heterocycles. The van der Waals surface area contributed by atoms with Crippen LogP contribution in [0, 0.1) is 5.82 Å². The van der Waals surface area contributed by atoms with E-state index in [0.29, 0.717) is 0 Å². The van der Waals surface area contributed by atoms with Crippen molar-refractivity contribution in [3.05, 3.63) is 66.0 Å². The van der Waals surface area contributed by atoms with E-state index in [1.165, 1.54) is 30.3 Å². The highest BCUT2D eigenvalue weighted by atomic mass is 32.2. The molecule has 2 aromatic rings. The zero-order valence-corrected chi connectivity index (χ0v) is 9.82. The molecule has 0 radical (unpaired) electrons. The number of hydrogen-bond acceptors (Lipinski definition) is 2. The number of benzene rings is 2. The van der Waals surface area contributed by atoms with Crippen LogP contribution in [0.5, 0.6) is 0 Å². The highest BCUT2D eigenvalue weighted by molar-refractivity contribution is 7.90. The van der Waals surface area contributed by atoms with Crippen LogP contribution in [-0.4, -0.2) is 8.42 Å². The molecule has 88 valence electrons. The molecule has 17 heavy (non-hydrogen) atoms. The molecule has 2 rings (SSSR count). The van der Waals surface area contributed by atoms with Crippen molar-refractivity contribution in [3.63, 3.8) is 0 Å². The second-order valence-corrected chi connectivity index (χ2v) is 5.65. The van der Waals surface area contributed by atoms with Gasteiger partial charge in [-0.05, 0) is 18.2 Å². The van der Waals surface area contributed by atoms with Crippen LogP contribution in [-0.2, 0) is 15.6 Å². The van der Waals surface area contributed by atoms with Crippen molar-refractivity contribution in [1.82, 2.24) is 0 Å². The molecule has 0 spiro atoms. The Hall–Kier alpha value is -1.68. The van der Waals surface area contributed by atoms with Gasteiger partial charge < -0.3 is 0 Å². The van der Waals surface area contributed by atoms with Gasteiger partial charge in [0.15, 0.2) is 9.84 Å². The van der Waals surface area contributed by atoms with Crippen LogP contribution in [0.3, 0.4) is 0 Å². The smallest absolute Gasteiger partial charge is 0.182 e. The summed E-state index contributed by atoms with van der Waals surface area (Å²) in [5.41, 5.74) is 0.191. The molecule has 2 nitrogen and oxygen atoms in total. The second-order valence-electron chi connectivity index (χ2n) is 3.66. The van der Waals surface area contributed by atoms with Gasteiger partial charge in [0.25, 0.3) is 0 Å². The predicted molar refractivity (Wildman–Crippen MR) is 63.7 cm³/mol. The van der Waals surface area contributed by atoms with Gasteiger partial charge in [-0.1, -0.05) is 36.4 Å². The van der Waals surface area contributed by atoms with Gasteiger partial charge in [-0.15, -0.1) is 0 Å². The lowest BCUT2D eigenvalue weighted by Crippen LogP contribution is -2.06. The average molecular weight is 250 g/mol. The van der Waals surface area contributed by atoms with E-state index in [9.17, 15) is 12.8 Å². The molecule has 0 fully saturated rings. The van der Waals surface area contributed by atoms with Gasteiger partial charge in [-0.3, -0.25) is 0 Å². The third kappa shape index (κ3) is 2.71. The number of halogens is 1. The summed E-state index contributed by atoms with van der Waals surface area (Å²) in [4.78, 5) is 0.211. The van der Waals surface area contributed by atoms with Gasteiger partial charge in [0.2, 0.25) is 0 Å². The fourth-order valence-electron chi connectivity index (χ4n) is 1.53. The number of sulfone groups is 1. The van der Waals surface area contributed by atoms with E-state index in [2.05, 4.69) is 0 Å². The number of rotatable bonds is 3. The van der Waals surface area contributed by atoms with Crippen LogP contribution >= 0.6 is 0 Å². The zero-order chi connectivity index (χ0) is 12.3. The summed E-state index contributed by atoms with van der Waals surface area (Å²) in [6.07, 6.45) is 0. The highest BCUT2D eigenvalue weighted by Gasteiger charge is 2.16. The van der Waals surface area contributed by atoms with Crippen molar-refractivity contribution in [1.29, 1.82) is 0 Å². The topological polar surface area (TPSA) is 34.1 Å². The Labute approximate surface area is 99.6 Å². The lowest BCUT2D eigenvalue weighted by molar-refractivity contribution is 0.587. The fourth-order valence-corrected chi connectivity index (χ4v) is 2.91. The maximum Gasteiger partial charge on any atom is 0.182 e. The monoisotopic (exact) mass is 250 g/mol. The van der Waals surface area contributed by atoms with Gasteiger partial charge in [0, 0.05) is 5.56 Å². The molecule has 0 amide bonds. The van der Waals surface area contributed by atoms with E-state index < -0.39 is 15.7 Å². The van der Waals surface area contributed by atoms with E-state index in [-0.39, 0.29) is 16.2 Å². The Bertz CT molecular complexity index is 606. The first-order chi connectivity index (χ1) is 8.09. The van der Waals surface area contributed by atoms with Gasteiger partial charge in [0.1, 0.15) is 5.82 Å². The van der Waals surface area contributed by atoms with Crippen LogP contribution in [0.15, 0.2) is 59.5 Å². The average Bonchev–Trinajstić information content (AvgIpc) is 2.33. The molecule has 0 aliphatic carbocycles. The van der Waals surface area contributed by atoms with Crippen molar-refractivity contribution in [3.8, 4) is 0 Å². The van der Waals surface area contributed by atoms with Gasteiger partial charge in [0.05, 0.1) is 10.6 Å². The fraction of sp³-hybridized carbons (Fsp3) is 0.0769. The van der Waals surface area contributed by atoms with E-state index in [0.717, 1.165) is 0 Å². The SMILES string of the molecule is O=S(=O)(Cc1ccccc1F)c1ccccc1. The van der Waals surface area contributed by atoms with E-state index in [1.54, 1.807) is 24.3 Å². The minimum atomic E-state index is -3.48. The van der Waals surface area contributed by atoms with Gasteiger partial charge in [-0.25, -0.2) is 12.8 Å². The van der Waals surface area contributed by atoms with Crippen molar-refractivity contribution >= 4 is 9.84 Å². The first kappa shape index (κ1) is 11.8. The molecular weight excluding hydrogens is 239 g/mol. The quantitative estimate of drug-likeness (QED) is 0.839. The maximum atomic E-state index is 13.4. The largest absolute Gasteiger partial charge is 0.223 e. The number of hydrogen-bond donors (Lipinski definition) is 0. The molecule has 0 saturated heterocycles. The molecule has 0 bridgehead atoms. The molecular formula is C13H11FO2S. The van der Waals surface area contributed by atoms with Gasteiger partial charge in [-0.2, -0.15) is 0 Å². The normalized spacial score (nSPS) is 11.4. The van der Waals surface area contributed by atoms with E-state index >= 15 is 0 Å². The van der Waals surface area contributed by atoms with Crippen molar-refractivity contribution in [2.45, 2.75) is 10.6 Å². The molecule has 0 N–H and O–H groups in total. The van der Waals surface area contributed by atoms with Crippen LogP contribution in [0.4, 0.5) is 4.39 Å². The second kappa shape index (κ2) is 4.67. The summed E-state index contributed by atoms with van der Waals surface area (Å²) >= 11 is 0. The Kier molecular flexibility index (Phi) is 3.24. The third-order valence-electron chi connectivity index (χ3n) is 2.41. The van der Waals surface area contributed by atoms with Crippen molar-refractivity contribution < 1.29 is 12.8 Å². The summed E-state index contributed by atoms with van der Waals surface area (Å²) < 4.78 is 37.3. The van der Waals surface area contributed by atoms with Crippen molar-refractivity contribution in [2.75, 3.05) is 0 Å². The Morgan fingerprint density at radius 3 is 2.12 bits per heavy atom. The van der Waals surface area contributed by atoms with Crippen LogP contribution in [0.2, 0.25) is 0 Å². The molecule has 0 atom stereocenters. The Balaban J connectivity index is 2.34. The zero-order valence-electron chi connectivity index (χ0n) is 9.01.